The Morgan fingerprint density at radius 2 is 2.40 bits per heavy atom. The first-order chi connectivity index (χ1) is 4.92. The minimum atomic E-state index is 0.549. The van der Waals surface area contributed by atoms with E-state index in [1.165, 1.54) is 24.4 Å². The van der Waals surface area contributed by atoms with Crippen LogP contribution in [-0.2, 0) is 0 Å². The van der Waals surface area contributed by atoms with E-state index in [-0.39, 0.29) is 0 Å². The zero-order valence-electron chi connectivity index (χ0n) is 5.24. The van der Waals surface area contributed by atoms with Gasteiger partial charge in [-0.05, 0) is 24.4 Å². The van der Waals surface area contributed by atoms with Gasteiger partial charge in [-0.2, -0.15) is 5.26 Å². The molecule has 1 aliphatic rings. The zero-order chi connectivity index (χ0) is 6.97. The van der Waals surface area contributed by atoms with E-state index < -0.39 is 0 Å². The molecule has 1 aliphatic carbocycles. The van der Waals surface area contributed by atoms with Crippen LogP contribution in [0.3, 0.4) is 0 Å². The van der Waals surface area contributed by atoms with E-state index in [2.05, 4.69) is 15.7 Å². The number of hydrogen-bond donors (Lipinski definition) is 0. The summed E-state index contributed by atoms with van der Waals surface area (Å²) in [4.78, 5) is 0.697. The summed E-state index contributed by atoms with van der Waals surface area (Å²) in [5.74, 6) is 0.549. The van der Waals surface area contributed by atoms with Gasteiger partial charge in [-0.25, -0.2) is 0 Å². The summed E-state index contributed by atoms with van der Waals surface area (Å²) in [5, 5.41) is 12.5. The molecule has 0 aliphatic heterocycles. The Hall–Kier alpha value is -0.950. The maximum atomic E-state index is 8.56. The molecule has 4 heteroatoms. The number of aromatic nitrogens is 2. The topological polar surface area (TPSA) is 49.6 Å². The second-order valence-electron chi connectivity index (χ2n) is 2.37. The number of nitriles is 1. The molecule has 0 saturated heterocycles. The highest BCUT2D eigenvalue weighted by Gasteiger charge is 2.29. The van der Waals surface area contributed by atoms with E-state index in [0.29, 0.717) is 10.8 Å². The molecule has 0 spiro atoms. The van der Waals surface area contributed by atoms with Crippen LogP contribution in [0.1, 0.15) is 29.3 Å². The quantitative estimate of drug-likeness (QED) is 0.607. The highest BCUT2D eigenvalue weighted by Crippen LogP contribution is 2.40. The van der Waals surface area contributed by atoms with Crippen LogP contribution in [0.15, 0.2) is 0 Å². The van der Waals surface area contributed by atoms with Crippen LogP contribution in [0.4, 0.5) is 0 Å². The Morgan fingerprint density at radius 1 is 1.60 bits per heavy atom. The summed E-state index contributed by atoms with van der Waals surface area (Å²) in [6.45, 7) is 0. The lowest BCUT2D eigenvalue weighted by Crippen LogP contribution is -1.81. The lowest BCUT2D eigenvalue weighted by molar-refractivity contribution is 0.975. The molecule has 1 saturated carbocycles. The van der Waals surface area contributed by atoms with Gasteiger partial charge in [0.15, 0.2) is 0 Å². The Kier molecular flexibility index (Phi) is 1.18. The third kappa shape index (κ3) is 0.792. The zero-order valence-corrected chi connectivity index (χ0v) is 6.06. The van der Waals surface area contributed by atoms with Gasteiger partial charge >= 0.3 is 0 Å². The summed E-state index contributed by atoms with van der Waals surface area (Å²) >= 11 is 1.20. The third-order valence-electron chi connectivity index (χ3n) is 1.58. The summed E-state index contributed by atoms with van der Waals surface area (Å²) < 4.78 is 3.72. The molecule has 0 N–H and O–H groups in total. The molecule has 0 atom stereocenters. The molecular weight excluding hydrogens is 146 g/mol. The van der Waals surface area contributed by atoms with Gasteiger partial charge in [0.2, 0.25) is 0 Å². The molecule has 0 aromatic carbocycles. The van der Waals surface area contributed by atoms with Gasteiger partial charge in [0.1, 0.15) is 10.9 Å². The lowest BCUT2D eigenvalue weighted by Gasteiger charge is -1.83. The Balaban J connectivity index is 2.40. The van der Waals surface area contributed by atoms with E-state index in [0.717, 1.165) is 5.69 Å². The normalized spacial score (nSPS) is 16.7. The van der Waals surface area contributed by atoms with E-state index >= 15 is 0 Å². The second-order valence-corrected chi connectivity index (χ2v) is 3.13. The second kappa shape index (κ2) is 2.03. The molecule has 1 aromatic heterocycles. The molecule has 3 nitrogen and oxygen atoms in total. The van der Waals surface area contributed by atoms with Crippen LogP contribution in [0, 0.1) is 11.3 Å². The van der Waals surface area contributed by atoms with Crippen molar-refractivity contribution in [3.8, 4) is 6.07 Å². The lowest BCUT2D eigenvalue weighted by atomic mass is 10.3. The third-order valence-corrected chi connectivity index (χ3v) is 2.23. The van der Waals surface area contributed by atoms with Gasteiger partial charge in [-0.3, -0.25) is 0 Å². The molecular formula is C6H5N3S. The molecule has 1 aromatic rings. The monoisotopic (exact) mass is 151 g/mol. The van der Waals surface area contributed by atoms with Crippen molar-refractivity contribution in [2.24, 2.45) is 0 Å². The van der Waals surface area contributed by atoms with Crippen molar-refractivity contribution >= 4 is 11.5 Å². The molecule has 10 heavy (non-hydrogen) atoms. The standard InChI is InChI=1S/C6H5N3S/c7-3-5-6(4-1-2-4)8-9-10-5/h4H,1-2H2. The highest BCUT2D eigenvalue weighted by atomic mass is 32.1. The smallest absolute Gasteiger partial charge is 0.149 e. The predicted octanol–water partition coefficient (Wildman–Crippen LogP) is 1.29. The van der Waals surface area contributed by atoms with Crippen molar-refractivity contribution in [2.45, 2.75) is 18.8 Å². The van der Waals surface area contributed by atoms with Crippen molar-refractivity contribution in [1.29, 1.82) is 5.26 Å². The Bertz CT molecular complexity index is 281. The fourth-order valence-corrected chi connectivity index (χ4v) is 1.45. The number of nitrogens with zero attached hydrogens (tertiary/aromatic N) is 3. The van der Waals surface area contributed by atoms with Gasteiger partial charge in [0, 0.05) is 5.92 Å². The van der Waals surface area contributed by atoms with Crippen molar-refractivity contribution in [1.82, 2.24) is 9.59 Å². The molecule has 0 amide bonds. The van der Waals surface area contributed by atoms with Crippen LogP contribution < -0.4 is 0 Å². The van der Waals surface area contributed by atoms with Gasteiger partial charge < -0.3 is 0 Å². The molecule has 1 fully saturated rings. The minimum absolute atomic E-state index is 0.549. The molecule has 2 rings (SSSR count). The average Bonchev–Trinajstić information content (AvgIpc) is 2.69. The molecule has 0 bridgehead atoms. The fourth-order valence-electron chi connectivity index (χ4n) is 0.899. The summed E-state index contributed by atoms with van der Waals surface area (Å²) in [7, 11) is 0. The van der Waals surface area contributed by atoms with Crippen LogP contribution in [0.2, 0.25) is 0 Å². The van der Waals surface area contributed by atoms with Crippen molar-refractivity contribution in [3.05, 3.63) is 10.6 Å². The van der Waals surface area contributed by atoms with Crippen molar-refractivity contribution in [3.63, 3.8) is 0 Å². The predicted molar refractivity (Wildman–Crippen MR) is 36.6 cm³/mol. The van der Waals surface area contributed by atoms with Crippen LogP contribution in [0.5, 0.6) is 0 Å². The van der Waals surface area contributed by atoms with E-state index in [1.54, 1.807) is 0 Å². The summed E-state index contributed by atoms with van der Waals surface area (Å²) in [6.07, 6.45) is 2.36. The average molecular weight is 151 g/mol. The minimum Gasteiger partial charge on any atom is -0.191 e. The van der Waals surface area contributed by atoms with Crippen LogP contribution in [-0.4, -0.2) is 9.59 Å². The van der Waals surface area contributed by atoms with E-state index in [1.807, 2.05) is 0 Å². The summed E-state index contributed by atoms with van der Waals surface area (Å²) in [6, 6.07) is 2.09. The van der Waals surface area contributed by atoms with E-state index in [4.69, 9.17) is 5.26 Å². The first-order valence-corrected chi connectivity index (χ1v) is 3.91. The molecule has 50 valence electrons. The van der Waals surface area contributed by atoms with Crippen LogP contribution in [0.25, 0.3) is 0 Å². The largest absolute Gasteiger partial charge is 0.191 e. The van der Waals surface area contributed by atoms with Crippen molar-refractivity contribution in [2.75, 3.05) is 0 Å². The van der Waals surface area contributed by atoms with Gasteiger partial charge in [0.05, 0.1) is 5.69 Å². The number of rotatable bonds is 1. The molecule has 1 heterocycles. The van der Waals surface area contributed by atoms with Crippen LogP contribution >= 0.6 is 11.5 Å². The van der Waals surface area contributed by atoms with Gasteiger partial charge in [0.25, 0.3) is 0 Å². The maximum Gasteiger partial charge on any atom is 0.149 e. The summed E-state index contributed by atoms with van der Waals surface area (Å²) in [5.41, 5.74) is 0.924. The Morgan fingerprint density at radius 3 is 3.00 bits per heavy atom. The fraction of sp³-hybridized carbons (Fsp3) is 0.500. The van der Waals surface area contributed by atoms with Crippen molar-refractivity contribution < 1.29 is 0 Å². The van der Waals surface area contributed by atoms with Gasteiger partial charge in [-0.1, -0.05) is 4.49 Å². The maximum absolute atomic E-state index is 8.56. The van der Waals surface area contributed by atoms with E-state index in [9.17, 15) is 0 Å². The van der Waals surface area contributed by atoms with Gasteiger partial charge in [-0.15, -0.1) is 5.10 Å². The molecule has 0 radical (unpaired) electrons. The first-order valence-electron chi connectivity index (χ1n) is 3.14. The first kappa shape index (κ1) is 5.81. The Labute approximate surface area is 62.5 Å². The highest BCUT2D eigenvalue weighted by molar-refractivity contribution is 7.06. The number of hydrogen-bond acceptors (Lipinski definition) is 4. The SMILES string of the molecule is N#Cc1snnc1C1CC1. The molecule has 0 unspecified atom stereocenters.